The first-order valence-corrected chi connectivity index (χ1v) is 14.7. The highest BCUT2D eigenvalue weighted by Gasteiger charge is 2.48. The summed E-state index contributed by atoms with van der Waals surface area (Å²) < 4.78 is 19.8. The summed E-state index contributed by atoms with van der Waals surface area (Å²) in [5, 5.41) is 15.6. The van der Waals surface area contributed by atoms with Gasteiger partial charge < -0.3 is 14.6 Å². The molecule has 0 saturated carbocycles. The summed E-state index contributed by atoms with van der Waals surface area (Å²) in [7, 11) is 0. The predicted molar refractivity (Wildman–Crippen MR) is 154 cm³/mol. The van der Waals surface area contributed by atoms with Crippen LogP contribution in [0.2, 0.25) is 0 Å². The molecule has 1 aliphatic rings. The van der Waals surface area contributed by atoms with Crippen molar-refractivity contribution in [2.45, 2.75) is 25.6 Å². The summed E-state index contributed by atoms with van der Waals surface area (Å²) in [5.41, 5.74) is 3.48. The van der Waals surface area contributed by atoms with Crippen LogP contribution in [0, 0.1) is 0 Å². The zero-order valence-electron chi connectivity index (χ0n) is 20.9. The molecule has 0 bridgehead atoms. The Balaban J connectivity index is 0.000000384. The molecule has 0 radical (unpaired) electrons. The quantitative estimate of drug-likeness (QED) is 0.166. The van der Waals surface area contributed by atoms with Gasteiger partial charge in [0.2, 0.25) is 0 Å². The highest BCUT2D eigenvalue weighted by Crippen LogP contribution is 2.45. The van der Waals surface area contributed by atoms with Gasteiger partial charge in [0.05, 0.1) is 28.8 Å². The molecular formula is C29H24N2O5S3. The second-order valence-corrected chi connectivity index (χ2v) is 11.2. The molecule has 1 atom stereocenters. The Morgan fingerprint density at radius 3 is 2.44 bits per heavy atom. The van der Waals surface area contributed by atoms with Crippen molar-refractivity contribution in [3.05, 3.63) is 104 Å². The first-order chi connectivity index (χ1) is 19.0. The molecule has 2 aromatic carbocycles. The third-order valence-electron chi connectivity index (χ3n) is 6.01. The summed E-state index contributed by atoms with van der Waals surface area (Å²) >= 11 is 4.14. The average Bonchev–Trinajstić information content (AvgIpc) is 3.77. The number of benzene rings is 2. The fourth-order valence-electron chi connectivity index (χ4n) is 4.15. The molecule has 1 unspecified atom stereocenters. The van der Waals surface area contributed by atoms with Crippen LogP contribution in [0.5, 0.6) is 5.75 Å². The predicted octanol–water partition coefficient (Wildman–Crippen LogP) is 6.50. The molecule has 4 heterocycles. The first-order valence-electron chi connectivity index (χ1n) is 12.2. The minimum absolute atomic E-state index is 0.363. The van der Waals surface area contributed by atoms with Crippen LogP contribution in [0.25, 0.3) is 16.6 Å². The van der Waals surface area contributed by atoms with E-state index in [-0.39, 0.29) is 0 Å². The number of esters is 1. The van der Waals surface area contributed by atoms with Gasteiger partial charge in [-0.2, -0.15) is 8.75 Å². The Hall–Kier alpha value is -3.70. The molecule has 0 amide bonds. The lowest BCUT2D eigenvalue weighted by molar-refractivity contribution is -0.185. The van der Waals surface area contributed by atoms with Crippen LogP contribution >= 0.6 is 34.4 Å². The maximum Gasteiger partial charge on any atom is 0.342 e. The minimum atomic E-state index is -1.87. The second-order valence-electron chi connectivity index (χ2n) is 8.62. The molecule has 5 aromatic rings. The zero-order valence-corrected chi connectivity index (χ0v) is 23.4. The second kappa shape index (κ2) is 12.0. The molecule has 6 rings (SSSR count). The lowest BCUT2D eigenvalue weighted by atomic mass is 9.89. The van der Waals surface area contributed by atoms with Crippen molar-refractivity contribution in [2.75, 3.05) is 6.61 Å². The molecule has 0 saturated heterocycles. The van der Waals surface area contributed by atoms with Crippen molar-refractivity contribution in [3.8, 4) is 5.75 Å². The van der Waals surface area contributed by atoms with Crippen LogP contribution < -0.4 is 4.74 Å². The number of cyclic esters (lactones) is 1. The van der Waals surface area contributed by atoms with Crippen LogP contribution in [-0.2, 0) is 21.7 Å². The molecule has 10 heteroatoms. The Labute approximate surface area is 237 Å². The number of nitrogens with zero attached hydrogens (tertiary/aromatic N) is 2. The standard InChI is InChI=1S/C24H20N2O4S2.C5H4OS/c1-2-11-29-17-8-6-16(7-9-17)24(28)19(14-18-4-3-12-31-18)22(23(27)30-24)15-5-10-20-21(13-15)26-32-25-20;6-4-5-2-1-3-7-5/h3-10,12-13,28H,2,11,14H2,1H3;1-4H. The van der Waals surface area contributed by atoms with Crippen molar-refractivity contribution in [2.24, 2.45) is 0 Å². The van der Waals surface area contributed by atoms with Crippen LogP contribution in [0.4, 0.5) is 0 Å². The van der Waals surface area contributed by atoms with Crippen molar-refractivity contribution in [3.63, 3.8) is 0 Å². The summed E-state index contributed by atoms with van der Waals surface area (Å²) in [6, 6.07) is 20.1. The van der Waals surface area contributed by atoms with E-state index >= 15 is 0 Å². The van der Waals surface area contributed by atoms with Gasteiger partial charge in [0.15, 0.2) is 6.29 Å². The fourth-order valence-corrected chi connectivity index (χ4v) is 5.91. The maximum absolute atomic E-state index is 13.1. The van der Waals surface area contributed by atoms with Crippen molar-refractivity contribution >= 4 is 63.3 Å². The number of thiophene rings is 2. The topological polar surface area (TPSA) is 98.6 Å². The number of hydrogen-bond donors (Lipinski definition) is 1. The van der Waals surface area contributed by atoms with Gasteiger partial charge in [0.25, 0.3) is 5.79 Å². The Kier molecular flexibility index (Phi) is 8.27. The summed E-state index contributed by atoms with van der Waals surface area (Å²) in [6.45, 7) is 2.65. The lowest BCUT2D eigenvalue weighted by Crippen LogP contribution is -2.29. The van der Waals surface area contributed by atoms with Crippen LogP contribution in [0.15, 0.2) is 83.1 Å². The van der Waals surface area contributed by atoms with Crippen molar-refractivity contribution in [1.82, 2.24) is 8.75 Å². The molecule has 198 valence electrons. The van der Waals surface area contributed by atoms with Crippen LogP contribution in [0.1, 0.15) is 39.0 Å². The molecule has 3 aromatic heterocycles. The number of aliphatic hydroxyl groups is 1. The lowest BCUT2D eigenvalue weighted by Gasteiger charge is -2.25. The van der Waals surface area contributed by atoms with Gasteiger partial charge in [0.1, 0.15) is 16.8 Å². The van der Waals surface area contributed by atoms with Crippen LogP contribution in [-0.4, -0.2) is 32.7 Å². The van der Waals surface area contributed by atoms with E-state index in [9.17, 15) is 14.7 Å². The summed E-state index contributed by atoms with van der Waals surface area (Å²) in [4.78, 5) is 24.8. The Morgan fingerprint density at radius 1 is 1.00 bits per heavy atom. The highest BCUT2D eigenvalue weighted by molar-refractivity contribution is 7.11. The van der Waals surface area contributed by atoms with E-state index in [1.165, 1.54) is 11.3 Å². The number of rotatable bonds is 8. The number of fused-ring (bicyclic) bond motifs is 1. The van der Waals surface area contributed by atoms with E-state index in [4.69, 9.17) is 9.47 Å². The Morgan fingerprint density at radius 2 is 1.77 bits per heavy atom. The van der Waals surface area contributed by atoms with E-state index in [2.05, 4.69) is 8.75 Å². The van der Waals surface area contributed by atoms with Crippen molar-refractivity contribution < 1.29 is 24.2 Å². The first kappa shape index (κ1) is 26.9. The molecular weight excluding hydrogens is 553 g/mol. The van der Waals surface area contributed by atoms with E-state index in [1.807, 2.05) is 54.1 Å². The fraction of sp³-hybridized carbons (Fsp3) is 0.172. The average molecular weight is 577 g/mol. The monoisotopic (exact) mass is 576 g/mol. The summed E-state index contributed by atoms with van der Waals surface area (Å²) in [6.07, 6.45) is 2.14. The number of ether oxygens (including phenoxy) is 2. The van der Waals surface area contributed by atoms with E-state index in [0.29, 0.717) is 46.6 Å². The number of carbonyl (C=O) groups excluding carboxylic acids is 2. The van der Waals surface area contributed by atoms with Gasteiger partial charge in [0, 0.05) is 22.4 Å². The van der Waals surface area contributed by atoms with Gasteiger partial charge in [-0.05, 0) is 71.3 Å². The van der Waals surface area contributed by atoms with E-state index in [1.54, 1.807) is 41.7 Å². The Bertz CT molecular complexity index is 1590. The van der Waals surface area contributed by atoms with Gasteiger partial charge in [-0.1, -0.05) is 25.1 Å². The third-order valence-corrected chi connectivity index (χ3v) is 8.24. The maximum atomic E-state index is 13.1. The normalized spacial score (nSPS) is 16.6. The van der Waals surface area contributed by atoms with Gasteiger partial charge in [-0.25, -0.2) is 4.79 Å². The molecule has 39 heavy (non-hydrogen) atoms. The van der Waals surface area contributed by atoms with Gasteiger partial charge in [-0.15, -0.1) is 22.7 Å². The minimum Gasteiger partial charge on any atom is -0.494 e. The van der Waals surface area contributed by atoms with Crippen molar-refractivity contribution in [1.29, 1.82) is 0 Å². The molecule has 0 spiro atoms. The molecule has 0 aliphatic carbocycles. The largest absolute Gasteiger partial charge is 0.494 e. The third kappa shape index (κ3) is 5.84. The van der Waals surface area contributed by atoms with Crippen LogP contribution in [0.3, 0.4) is 0 Å². The van der Waals surface area contributed by atoms with Gasteiger partial charge >= 0.3 is 5.97 Å². The zero-order chi connectivity index (χ0) is 27.2. The molecule has 7 nitrogen and oxygen atoms in total. The van der Waals surface area contributed by atoms with E-state index in [0.717, 1.165) is 39.7 Å². The number of aldehydes is 1. The SMILES string of the molecule is CCCOc1ccc(C2(O)OC(=O)C(c3ccc4nsnc4c3)=C2Cc2cccs2)cc1.O=Cc1cccs1. The van der Waals surface area contributed by atoms with Gasteiger partial charge in [-0.3, -0.25) is 4.79 Å². The van der Waals surface area contributed by atoms with E-state index < -0.39 is 11.8 Å². The molecule has 1 N–H and O–H groups in total. The number of carbonyl (C=O) groups is 2. The number of aromatic nitrogens is 2. The molecule has 1 aliphatic heterocycles. The molecule has 0 fully saturated rings. The summed E-state index contributed by atoms with van der Waals surface area (Å²) in [5.74, 6) is -1.73. The number of hydrogen-bond acceptors (Lipinski definition) is 10. The smallest absolute Gasteiger partial charge is 0.342 e. The highest BCUT2D eigenvalue weighted by atomic mass is 32.1.